The van der Waals surface area contributed by atoms with E-state index < -0.39 is 0 Å². The van der Waals surface area contributed by atoms with E-state index >= 15 is 0 Å². The summed E-state index contributed by atoms with van der Waals surface area (Å²) in [6, 6.07) is 7.06. The van der Waals surface area contributed by atoms with Crippen molar-refractivity contribution >= 4 is 10.9 Å². The van der Waals surface area contributed by atoms with Gasteiger partial charge in [-0.25, -0.2) is 4.39 Å². The van der Waals surface area contributed by atoms with Crippen LogP contribution in [0, 0.1) is 11.7 Å². The van der Waals surface area contributed by atoms with E-state index in [9.17, 15) is 4.39 Å². The first-order chi connectivity index (χ1) is 6.68. The van der Waals surface area contributed by atoms with Crippen LogP contribution in [0.3, 0.4) is 0 Å². The molecule has 0 amide bonds. The van der Waals surface area contributed by atoms with E-state index in [0.29, 0.717) is 11.3 Å². The number of rotatable bonds is 2. The van der Waals surface area contributed by atoms with Crippen molar-refractivity contribution in [1.82, 2.24) is 4.57 Å². The van der Waals surface area contributed by atoms with E-state index in [2.05, 4.69) is 18.4 Å². The highest BCUT2D eigenvalue weighted by atomic mass is 19.1. The summed E-state index contributed by atoms with van der Waals surface area (Å²) >= 11 is 0. The van der Waals surface area contributed by atoms with Crippen LogP contribution in [0.4, 0.5) is 4.39 Å². The second kappa shape index (κ2) is 3.45. The minimum atomic E-state index is -0.134. The smallest absolute Gasteiger partial charge is 0.132 e. The van der Waals surface area contributed by atoms with Crippen LogP contribution in [0.5, 0.6) is 0 Å². The largest absolute Gasteiger partial charge is 0.347 e. The summed E-state index contributed by atoms with van der Waals surface area (Å²) in [5.74, 6) is 0.443. The molecular weight excluding hydrogens is 177 g/mol. The van der Waals surface area contributed by atoms with Crippen molar-refractivity contribution in [1.29, 1.82) is 0 Å². The topological polar surface area (TPSA) is 4.93 Å². The van der Waals surface area contributed by atoms with Crippen LogP contribution in [0.25, 0.3) is 10.9 Å². The van der Waals surface area contributed by atoms with Crippen LogP contribution in [0.15, 0.2) is 30.5 Å². The van der Waals surface area contributed by atoms with E-state index in [4.69, 9.17) is 0 Å². The zero-order valence-electron chi connectivity index (χ0n) is 8.50. The SMILES string of the molecule is CC(C)Cn1ccc2c(F)cccc21. The quantitative estimate of drug-likeness (QED) is 0.685. The molecule has 0 bridgehead atoms. The van der Waals surface area contributed by atoms with Crippen molar-refractivity contribution in [2.45, 2.75) is 20.4 Å². The minimum Gasteiger partial charge on any atom is -0.347 e. The molecule has 1 aromatic carbocycles. The molecule has 0 saturated heterocycles. The molecule has 0 radical (unpaired) electrons. The number of nitrogens with zero attached hydrogens (tertiary/aromatic N) is 1. The van der Waals surface area contributed by atoms with Crippen LogP contribution >= 0.6 is 0 Å². The third-order valence-electron chi connectivity index (χ3n) is 2.32. The predicted molar refractivity (Wildman–Crippen MR) is 56.7 cm³/mol. The van der Waals surface area contributed by atoms with Crippen LogP contribution in [0.2, 0.25) is 0 Å². The Hall–Kier alpha value is -1.31. The van der Waals surface area contributed by atoms with Gasteiger partial charge in [-0.15, -0.1) is 0 Å². The summed E-state index contributed by atoms with van der Waals surface area (Å²) in [5.41, 5.74) is 0.985. The Labute approximate surface area is 83.2 Å². The van der Waals surface area contributed by atoms with E-state index in [1.807, 2.05) is 18.3 Å². The monoisotopic (exact) mass is 191 g/mol. The van der Waals surface area contributed by atoms with Crippen molar-refractivity contribution < 1.29 is 4.39 Å². The highest BCUT2D eigenvalue weighted by Crippen LogP contribution is 2.19. The van der Waals surface area contributed by atoms with Gasteiger partial charge in [-0.3, -0.25) is 0 Å². The lowest BCUT2D eigenvalue weighted by Crippen LogP contribution is -2.02. The first-order valence-corrected chi connectivity index (χ1v) is 4.92. The Morgan fingerprint density at radius 3 is 2.79 bits per heavy atom. The van der Waals surface area contributed by atoms with Gasteiger partial charge in [0.1, 0.15) is 5.82 Å². The maximum Gasteiger partial charge on any atom is 0.132 e. The molecule has 0 aliphatic rings. The van der Waals surface area contributed by atoms with E-state index in [-0.39, 0.29) is 5.82 Å². The molecule has 0 aliphatic carbocycles. The Morgan fingerprint density at radius 2 is 2.07 bits per heavy atom. The molecule has 0 saturated carbocycles. The van der Waals surface area contributed by atoms with Crippen LogP contribution in [-0.4, -0.2) is 4.57 Å². The Balaban J connectivity index is 2.52. The molecule has 1 aromatic heterocycles. The van der Waals surface area contributed by atoms with E-state index in [1.165, 1.54) is 6.07 Å². The summed E-state index contributed by atoms with van der Waals surface area (Å²) < 4.78 is 15.4. The van der Waals surface area contributed by atoms with E-state index in [1.54, 1.807) is 6.07 Å². The van der Waals surface area contributed by atoms with Gasteiger partial charge in [0.2, 0.25) is 0 Å². The first kappa shape index (κ1) is 9.25. The number of aromatic nitrogens is 1. The number of benzene rings is 1. The minimum absolute atomic E-state index is 0.134. The van der Waals surface area contributed by atoms with Gasteiger partial charge in [0.05, 0.1) is 5.52 Å². The highest BCUT2D eigenvalue weighted by molar-refractivity contribution is 5.80. The molecule has 0 atom stereocenters. The Kier molecular flexibility index (Phi) is 2.28. The lowest BCUT2D eigenvalue weighted by Gasteiger charge is -2.07. The normalized spacial score (nSPS) is 11.4. The summed E-state index contributed by atoms with van der Waals surface area (Å²) in [6.07, 6.45) is 1.95. The third-order valence-corrected chi connectivity index (χ3v) is 2.32. The summed E-state index contributed by atoms with van der Waals surface area (Å²) in [5, 5.41) is 0.716. The summed E-state index contributed by atoms with van der Waals surface area (Å²) in [6.45, 7) is 5.25. The fourth-order valence-electron chi connectivity index (χ4n) is 1.74. The van der Waals surface area contributed by atoms with Gasteiger partial charge in [-0.1, -0.05) is 19.9 Å². The molecular formula is C12H14FN. The van der Waals surface area contributed by atoms with Crippen molar-refractivity contribution in [2.24, 2.45) is 5.92 Å². The van der Waals surface area contributed by atoms with Gasteiger partial charge < -0.3 is 4.57 Å². The maximum atomic E-state index is 13.3. The van der Waals surface area contributed by atoms with Crippen LogP contribution in [0.1, 0.15) is 13.8 Å². The number of halogens is 1. The van der Waals surface area contributed by atoms with Crippen LogP contribution < -0.4 is 0 Å². The van der Waals surface area contributed by atoms with Crippen molar-refractivity contribution in [2.75, 3.05) is 0 Å². The lowest BCUT2D eigenvalue weighted by atomic mass is 10.2. The van der Waals surface area contributed by atoms with Gasteiger partial charge in [-0.2, -0.15) is 0 Å². The molecule has 1 heterocycles. The zero-order chi connectivity index (χ0) is 10.1. The lowest BCUT2D eigenvalue weighted by molar-refractivity contribution is 0.535. The van der Waals surface area contributed by atoms with Crippen molar-refractivity contribution in [3.63, 3.8) is 0 Å². The Morgan fingerprint density at radius 1 is 1.29 bits per heavy atom. The third kappa shape index (κ3) is 1.52. The fraction of sp³-hybridized carbons (Fsp3) is 0.333. The number of hydrogen-bond donors (Lipinski definition) is 0. The molecule has 0 unspecified atom stereocenters. The van der Waals surface area contributed by atoms with Gasteiger partial charge >= 0.3 is 0 Å². The fourth-order valence-corrected chi connectivity index (χ4v) is 1.74. The van der Waals surface area contributed by atoms with Gasteiger partial charge in [0.15, 0.2) is 0 Å². The van der Waals surface area contributed by atoms with Gasteiger partial charge in [-0.05, 0) is 24.1 Å². The summed E-state index contributed by atoms with van der Waals surface area (Å²) in [7, 11) is 0. The van der Waals surface area contributed by atoms with E-state index in [0.717, 1.165) is 12.1 Å². The van der Waals surface area contributed by atoms with Gasteiger partial charge in [0.25, 0.3) is 0 Å². The molecule has 2 heteroatoms. The average Bonchev–Trinajstić information content (AvgIpc) is 2.49. The first-order valence-electron chi connectivity index (χ1n) is 4.92. The standard InChI is InChI=1S/C12H14FN/c1-9(2)8-14-7-6-10-11(13)4-3-5-12(10)14/h3-7,9H,8H2,1-2H3. The average molecular weight is 191 g/mol. The number of hydrogen-bond acceptors (Lipinski definition) is 0. The van der Waals surface area contributed by atoms with Gasteiger partial charge in [0, 0.05) is 18.1 Å². The summed E-state index contributed by atoms with van der Waals surface area (Å²) in [4.78, 5) is 0. The Bertz CT molecular complexity index is 443. The van der Waals surface area contributed by atoms with Crippen molar-refractivity contribution in [3.8, 4) is 0 Å². The highest BCUT2D eigenvalue weighted by Gasteiger charge is 2.05. The molecule has 0 aliphatic heterocycles. The molecule has 2 aromatic rings. The second-order valence-electron chi connectivity index (χ2n) is 4.03. The zero-order valence-corrected chi connectivity index (χ0v) is 8.50. The maximum absolute atomic E-state index is 13.3. The molecule has 1 nitrogen and oxygen atoms in total. The molecule has 74 valence electrons. The second-order valence-corrected chi connectivity index (χ2v) is 4.03. The molecule has 2 rings (SSSR count). The molecule has 0 spiro atoms. The molecule has 0 fully saturated rings. The molecule has 14 heavy (non-hydrogen) atoms. The van der Waals surface area contributed by atoms with Crippen molar-refractivity contribution in [3.05, 3.63) is 36.3 Å². The number of fused-ring (bicyclic) bond motifs is 1. The molecule has 0 N–H and O–H groups in total. The van der Waals surface area contributed by atoms with Crippen LogP contribution in [-0.2, 0) is 6.54 Å². The predicted octanol–water partition coefficient (Wildman–Crippen LogP) is 3.44.